The van der Waals surface area contributed by atoms with Crippen LogP contribution in [-0.4, -0.2) is 62.4 Å². The Bertz CT molecular complexity index is 1340. The van der Waals surface area contributed by atoms with Crippen molar-refractivity contribution < 1.29 is 4.79 Å². The molecule has 0 unspecified atom stereocenters. The predicted molar refractivity (Wildman–Crippen MR) is 141 cm³/mol. The number of anilines is 1. The third-order valence-electron chi connectivity index (χ3n) is 6.97. The molecule has 1 aliphatic carbocycles. The van der Waals surface area contributed by atoms with Gasteiger partial charge in [-0.05, 0) is 76.0 Å². The molecule has 1 saturated carbocycles. The van der Waals surface area contributed by atoms with E-state index in [4.69, 9.17) is 9.97 Å². The second-order valence-corrected chi connectivity index (χ2v) is 9.70. The number of hydrogen-bond acceptors (Lipinski definition) is 6. The van der Waals surface area contributed by atoms with Crippen LogP contribution in [0.1, 0.15) is 42.5 Å². The van der Waals surface area contributed by atoms with E-state index in [1.165, 1.54) is 25.9 Å². The smallest absolute Gasteiger partial charge is 0.251 e. The number of rotatable bonds is 9. The number of benzene rings is 1. The number of fused-ring (bicyclic) bond motifs is 1. The first-order valence-corrected chi connectivity index (χ1v) is 12.9. The zero-order valence-corrected chi connectivity index (χ0v) is 20.4. The number of hydrogen-bond donors (Lipinski definition) is 2. The van der Waals surface area contributed by atoms with Crippen molar-refractivity contribution in [2.24, 2.45) is 0 Å². The summed E-state index contributed by atoms with van der Waals surface area (Å²) in [6, 6.07) is 12.0. The lowest BCUT2D eigenvalue weighted by molar-refractivity contribution is 0.0951. The molecule has 4 heterocycles. The summed E-state index contributed by atoms with van der Waals surface area (Å²) < 4.78 is 2.09. The Hall–Kier alpha value is -3.78. The fraction of sp³-hybridized carbons (Fsp3) is 0.357. The van der Waals surface area contributed by atoms with Crippen LogP contribution >= 0.6 is 0 Å². The normalized spacial score (nSPS) is 15.9. The molecule has 1 amide bonds. The lowest BCUT2D eigenvalue weighted by atomic mass is 10.1. The van der Waals surface area contributed by atoms with E-state index in [9.17, 15) is 4.79 Å². The number of pyridine rings is 1. The molecule has 4 aromatic rings. The van der Waals surface area contributed by atoms with E-state index in [0.717, 1.165) is 66.3 Å². The maximum Gasteiger partial charge on any atom is 0.251 e. The van der Waals surface area contributed by atoms with Gasteiger partial charge >= 0.3 is 0 Å². The SMILES string of the molecule is O=C(NC1CC1)c1ccc(-c2cnc3c(NCCCN4CCCC4)nc(-c4ccncc4)cn23)cc1. The molecule has 0 bridgehead atoms. The molecule has 0 radical (unpaired) electrons. The molecule has 184 valence electrons. The zero-order valence-electron chi connectivity index (χ0n) is 20.4. The van der Waals surface area contributed by atoms with Gasteiger partial charge in [-0.3, -0.25) is 14.2 Å². The molecule has 2 aliphatic rings. The Labute approximate surface area is 210 Å². The molecule has 3 aromatic heterocycles. The van der Waals surface area contributed by atoms with Gasteiger partial charge in [0.15, 0.2) is 11.5 Å². The first kappa shape index (κ1) is 22.7. The molecular formula is C28H31N7O. The molecular weight excluding hydrogens is 450 g/mol. The fourth-order valence-electron chi connectivity index (χ4n) is 4.79. The highest BCUT2D eigenvalue weighted by Gasteiger charge is 2.24. The summed E-state index contributed by atoms with van der Waals surface area (Å²) in [6.07, 6.45) is 13.3. The van der Waals surface area contributed by atoms with Crippen LogP contribution in [0.5, 0.6) is 0 Å². The van der Waals surface area contributed by atoms with Crippen molar-refractivity contribution in [2.45, 2.75) is 38.1 Å². The first-order chi connectivity index (χ1) is 17.7. The number of likely N-dealkylation sites (tertiary alicyclic amines) is 1. The topological polar surface area (TPSA) is 87.5 Å². The molecule has 2 N–H and O–H groups in total. The number of amides is 1. The highest BCUT2D eigenvalue weighted by atomic mass is 16.1. The number of carbonyl (C=O) groups is 1. The van der Waals surface area contributed by atoms with Gasteiger partial charge in [-0.15, -0.1) is 0 Å². The lowest BCUT2D eigenvalue weighted by Gasteiger charge is -2.15. The molecule has 8 heteroatoms. The second-order valence-electron chi connectivity index (χ2n) is 9.70. The number of carbonyl (C=O) groups excluding carboxylic acids is 1. The van der Waals surface area contributed by atoms with Crippen LogP contribution in [0, 0.1) is 0 Å². The Kier molecular flexibility index (Phi) is 6.34. The molecule has 2 fully saturated rings. The number of nitrogens with one attached hydrogen (secondary N) is 2. The molecule has 36 heavy (non-hydrogen) atoms. The van der Waals surface area contributed by atoms with Crippen molar-refractivity contribution in [3.8, 4) is 22.5 Å². The lowest BCUT2D eigenvalue weighted by Crippen LogP contribution is -2.25. The van der Waals surface area contributed by atoms with E-state index in [1.54, 1.807) is 12.4 Å². The van der Waals surface area contributed by atoms with Crippen LogP contribution in [-0.2, 0) is 0 Å². The Morgan fingerprint density at radius 1 is 1.00 bits per heavy atom. The largest absolute Gasteiger partial charge is 0.367 e. The van der Waals surface area contributed by atoms with Gasteiger partial charge < -0.3 is 15.5 Å². The van der Waals surface area contributed by atoms with Gasteiger partial charge in [-0.1, -0.05) is 12.1 Å². The van der Waals surface area contributed by atoms with Crippen LogP contribution in [0.15, 0.2) is 61.2 Å². The predicted octanol–water partition coefficient (Wildman–Crippen LogP) is 4.25. The third kappa shape index (κ3) is 4.95. The summed E-state index contributed by atoms with van der Waals surface area (Å²) in [5, 5.41) is 6.59. The van der Waals surface area contributed by atoms with Crippen molar-refractivity contribution in [3.05, 3.63) is 66.7 Å². The molecule has 1 aromatic carbocycles. The average molecular weight is 482 g/mol. The van der Waals surface area contributed by atoms with Crippen LogP contribution < -0.4 is 10.6 Å². The molecule has 0 atom stereocenters. The van der Waals surface area contributed by atoms with Crippen LogP contribution in [0.2, 0.25) is 0 Å². The van der Waals surface area contributed by atoms with E-state index in [0.29, 0.717) is 11.6 Å². The molecule has 8 nitrogen and oxygen atoms in total. The van der Waals surface area contributed by atoms with Crippen molar-refractivity contribution in [3.63, 3.8) is 0 Å². The van der Waals surface area contributed by atoms with Crippen molar-refractivity contribution in [2.75, 3.05) is 31.5 Å². The minimum absolute atomic E-state index is 0.00761. The maximum absolute atomic E-state index is 12.4. The number of aromatic nitrogens is 4. The molecule has 1 saturated heterocycles. The monoisotopic (exact) mass is 481 g/mol. The molecule has 1 aliphatic heterocycles. The van der Waals surface area contributed by atoms with Gasteiger partial charge in [0, 0.05) is 47.9 Å². The Morgan fingerprint density at radius 3 is 2.53 bits per heavy atom. The van der Waals surface area contributed by atoms with E-state index in [1.807, 2.05) is 48.8 Å². The van der Waals surface area contributed by atoms with E-state index >= 15 is 0 Å². The summed E-state index contributed by atoms with van der Waals surface area (Å²) >= 11 is 0. The Morgan fingerprint density at radius 2 is 1.78 bits per heavy atom. The van der Waals surface area contributed by atoms with Gasteiger partial charge in [0.1, 0.15) is 0 Å². The first-order valence-electron chi connectivity index (χ1n) is 12.9. The third-order valence-corrected chi connectivity index (χ3v) is 6.97. The number of imidazole rings is 1. The zero-order chi connectivity index (χ0) is 24.3. The summed E-state index contributed by atoms with van der Waals surface area (Å²) in [5.41, 5.74) is 5.28. The minimum atomic E-state index is -0.00761. The van der Waals surface area contributed by atoms with Crippen molar-refractivity contribution in [1.82, 2.24) is 29.6 Å². The highest BCUT2D eigenvalue weighted by Crippen LogP contribution is 2.28. The minimum Gasteiger partial charge on any atom is -0.367 e. The number of nitrogens with zero attached hydrogens (tertiary/aromatic N) is 5. The molecule has 0 spiro atoms. The summed E-state index contributed by atoms with van der Waals surface area (Å²) in [6.45, 7) is 4.37. The van der Waals surface area contributed by atoms with E-state index in [-0.39, 0.29) is 5.91 Å². The van der Waals surface area contributed by atoms with Crippen LogP contribution in [0.3, 0.4) is 0 Å². The van der Waals surface area contributed by atoms with E-state index < -0.39 is 0 Å². The Balaban J connectivity index is 1.28. The average Bonchev–Trinajstić information content (AvgIpc) is 3.38. The summed E-state index contributed by atoms with van der Waals surface area (Å²) in [4.78, 5) is 28.7. The maximum atomic E-state index is 12.4. The highest BCUT2D eigenvalue weighted by molar-refractivity contribution is 5.95. The fourth-order valence-corrected chi connectivity index (χ4v) is 4.79. The van der Waals surface area contributed by atoms with Gasteiger partial charge in [0.05, 0.1) is 17.6 Å². The summed E-state index contributed by atoms with van der Waals surface area (Å²) in [5.74, 6) is 0.768. The second kappa shape index (κ2) is 10.1. The van der Waals surface area contributed by atoms with Crippen LogP contribution in [0.4, 0.5) is 5.82 Å². The van der Waals surface area contributed by atoms with Gasteiger partial charge in [0.2, 0.25) is 0 Å². The van der Waals surface area contributed by atoms with Gasteiger partial charge in [-0.2, -0.15) is 0 Å². The van der Waals surface area contributed by atoms with Crippen molar-refractivity contribution in [1.29, 1.82) is 0 Å². The van der Waals surface area contributed by atoms with Gasteiger partial charge in [0.25, 0.3) is 5.91 Å². The summed E-state index contributed by atoms with van der Waals surface area (Å²) in [7, 11) is 0. The van der Waals surface area contributed by atoms with E-state index in [2.05, 4.69) is 24.9 Å². The van der Waals surface area contributed by atoms with Crippen molar-refractivity contribution >= 4 is 17.4 Å². The molecule has 6 rings (SSSR count). The van der Waals surface area contributed by atoms with Crippen LogP contribution in [0.25, 0.3) is 28.2 Å². The standard InChI is InChI=1S/C28H31N7O/c36-28(32-23-8-9-23)22-6-4-21(5-7-22)25-18-31-27-26(30-12-3-17-34-15-1-2-16-34)33-24(19-35(25)27)20-10-13-29-14-11-20/h4-7,10-11,13-14,18-19,23H,1-3,8-9,12,15-17H2,(H,30,33)(H,32,36). The van der Waals surface area contributed by atoms with Gasteiger partial charge in [-0.25, -0.2) is 9.97 Å². The quantitative estimate of drug-likeness (QED) is 0.348.